The number of rotatable bonds is 3. The lowest BCUT2D eigenvalue weighted by Crippen LogP contribution is -2.54. The molecule has 0 saturated carbocycles. The van der Waals surface area contributed by atoms with Crippen LogP contribution in [0.15, 0.2) is 24.3 Å². The SMILES string of the molecule is CC(=O)N1CCN(C(=O)CN2CCN(C(=O)c3ccc(Cl)cc3)CC2)CC1. The van der Waals surface area contributed by atoms with E-state index in [1.807, 2.05) is 9.80 Å². The molecule has 0 atom stereocenters. The molecule has 1 aromatic rings. The van der Waals surface area contributed by atoms with Crippen LogP contribution in [-0.4, -0.2) is 96.2 Å². The topological polar surface area (TPSA) is 64.2 Å². The summed E-state index contributed by atoms with van der Waals surface area (Å²) in [5.74, 6) is 0.150. The second-order valence-electron chi connectivity index (χ2n) is 6.96. The minimum Gasteiger partial charge on any atom is -0.339 e. The van der Waals surface area contributed by atoms with Crippen molar-refractivity contribution < 1.29 is 14.4 Å². The summed E-state index contributed by atoms with van der Waals surface area (Å²) in [6, 6.07) is 6.91. The molecule has 2 fully saturated rings. The summed E-state index contributed by atoms with van der Waals surface area (Å²) in [4.78, 5) is 43.9. The third kappa shape index (κ3) is 4.99. The molecule has 2 aliphatic heterocycles. The van der Waals surface area contributed by atoms with Gasteiger partial charge in [0.1, 0.15) is 0 Å². The Kier molecular flexibility index (Phi) is 6.34. The molecule has 27 heavy (non-hydrogen) atoms. The van der Waals surface area contributed by atoms with Gasteiger partial charge in [-0.2, -0.15) is 0 Å². The average Bonchev–Trinajstić information content (AvgIpc) is 2.68. The molecule has 0 unspecified atom stereocenters. The van der Waals surface area contributed by atoms with E-state index in [1.54, 1.807) is 36.1 Å². The Bertz CT molecular complexity index is 693. The Morgan fingerprint density at radius 1 is 0.815 bits per heavy atom. The number of nitrogens with zero attached hydrogens (tertiary/aromatic N) is 4. The van der Waals surface area contributed by atoms with Gasteiger partial charge < -0.3 is 14.7 Å². The number of halogens is 1. The Hall–Kier alpha value is -2.12. The lowest BCUT2D eigenvalue weighted by atomic mass is 10.2. The van der Waals surface area contributed by atoms with Crippen LogP contribution in [0.2, 0.25) is 5.02 Å². The smallest absolute Gasteiger partial charge is 0.253 e. The Morgan fingerprint density at radius 2 is 1.33 bits per heavy atom. The van der Waals surface area contributed by atoms with Crippen LogP contribution in [-0.2, 0) is 9.59 Å². The van der Waals surface area contributed by atoms with E-state index in [2.05, 4.69) is 4.90 Å². The summed E-state index contributed by atoms with van der Waals surface area (Å²) < 4.78 is 0. The van der Waals surface area contributed by atoms with Crippen molar-refractivity contribution in [1.82, 2.24) is 19.6 Å². The zero-order valence-corrected chi connectivity index (χ0v) is 16.3. The maximum absolute atomic E-state index is 12.5. The second-order valence-corrected chi connectivity index (χ2v) is 7.40. The monoisotopic (exact) mass is 392 g/mol. The molecule has 3 amide bonds. The molecule has 146 valence electrons. The molecule has 0 aliphatic carbocycles. The first-order valence-corrected chi connectivity index (χ1v) is 9.62. The van der Waals surface area contributed by atoms with E-state index in [0.717, 1.165) is 0 Å². The summed E-state index contributed by atoms with van der Waals surface area (Å²) in [6.45, 7) is 6.87. The third-order valence-corrected chi connectivity index (χ3v) is 5.44. The van der Waals surface area contributed by atoms with E-state index in [4.69, 9.17) is 11.6 Å². The van der Waals surface area contributed by atoms with Gasteiger partial charge in [-0.25, -0.2) is 0 Å². The predicted molar refractivity (Wildman–Crippen MR) is 103 cm³/mol. The van der Waals surface area contributed by atoms with Gasteiger partial charge in [-0.15, -0.1) is 0 Å². The fourth-order valence-electron chi connectivity index (χ4n) is 3.45. The minimum atomic E-state index is -0.00185. The van der Waals surface area contributed by atoms with Gasteiger partial charge in [0.2, 0.25) is 11.8 Å². The van der Waals surface area contributed by atoms with E-state index >= 15 is 0 Å². The number of carbonyl (C=O) groups excluding carboxylic acids is 3. The van der Waals surface area contributed by atoms with E-state index in [-0.39, 0.29) is 17.7 Å². The number of hydrogen-bond donors (Lipinski definition) is 0. The van der Waals surface area contributed by atoms with Crippen LogP contribution in [0.3, 0.4) is 0 Å². The number of benzene rings is 1. The molecule has 2 heterocycles. The van der Waals surface area contributed by atoms with Crippen molar-refractivity contribution in [2.24, 2.45) is 0 Å². The largest absolute Gasteiger partial charge is 0.339 e. The van der Waals surface area contributed by atoms with Crippen LogP contribution < -0.4 is 0 Å². The molecule has 2 aliphatic rings. The molecular weight excluding hydrogens is 368 g/mol. The van der Waals surface area contributed by atoms with Gasteiger partial charge >= 0.3 is 0 Å². The van der Waals surface area contributed by atoms with Crippen molar-refractivity contribution in [2.45, 2.75) is 6.92 Å². The zero-order chi connectivity index (χ0) is 19.4. The quantitative estimate of drug-likeness (QED) is 0.763. The standard InChI is InChI=1S/C19H25ClN4O3/c1-15(25)22-10-12-23(13-11-22)18(26)14-21-6-8-24(9-7-21)19(27)16-2-4-17(20)5-3-16/h2-5H,6-14H2,1H3. The van der Waals surface area contributed by atoms with E-state index in [9.17, 15) is 14.4 Å². The highest BCUT2D eigenvalue weighted by Crippen LogP contribution is 2.13. The van der Waals surface area contributed by atoms with Crippen molar-refractivity contribution >= 4 is 29.3 Å². The van der Waals surface area contributed by atoms with Crippen molar-refractivity contribution in [3.05, 3.63) is 34.9 Å². The number of carbonyl (C=O) groups is 3. The van der Waals surface area contributed by atoms with E-state index < -0.39 is 0 Å². The Labute approximate surface area is 164 Å². The molecule has 0 N–H and O–H groups in total. The maximum Gasteiger partial charge on any atom is 0.253 e. The third-order valence-electron chi connectivity index (χ3n) is 5.19. The van der Waals surface area contributed by atoms with Crippen LogP contribution in [0.1, 0.15) is 17.3 Å². The molecule has 0 bridgehead atoms. The average molecular weight is 393 g/mol. The second kappa shape index (κ2) is 8.71. The van der Waals surface area contributed by atoms with Crippen molar-refractivity contribution in [2.75, 3.05) is 58.9 Å². The summed E-state index contributed by atoms with van der Waals surface area (Å²) in [5, 5.41) is 0.610. The lowest BCUT2D eigenvalue weighted by Gasteiger charge is -2.37. The molecule has 0 radical (unpaired) electrons. The highest BCUT2D eigenvalue weighted by Gasteiger charge is 2.27. The Balaban J connectivity index is 1.44. The first-order chi connectivity index (χ1) is 12.9. The molecule has 3 rings (SSSR count). The van der Waals surface area contributed by atoms with Gasteiger partial charge in [-0.3, -0.25) is 19.3 Å². The molecule has 8 heteroatoms. The van der Waals surface area contributed by atoms with Gasteiger partial charge in [-0.05, 0) is 24.3 Å². The van der Waals surface area contributed by atoms with Crippen LogP contribution in [0.4, 0.5) is 0 Å². The first kappa shape index (κ1) is 19.6. The fourth-order valence-corrected chi connectivity index (χ4v) is 3.57. The number of hydrogen-bond acceptors (Lipinski definition) is 4. The predicted octanol–water partition coefficient (Wildman–Crippen LogP) is 0.789. The molecular formula is C19H25ClN4O3. The van der Waals surface area contributed by atoms with Crippen LogP contribution in [0.5, 0.6) is 0 Å². The first-order valence-electron chi connectivity index (χ1n) is 9.24. The summed E-state index contributed by atoms with van der Waals surface area (Å²) >= 11 is 5.87. The lowest BCUT2D eigenvalue weighted by molar-refractivity contribution is -0.139. The molecule has 7 nitrogen and oxygen atoms in total. The number of piperazine rings is 2. The zero-order valence-electron chi connectivity index (χ0n) is 15.6. The fraction of sp³-hybridized carbons (Fsp3) is 0.526. The molecule has 0 spiro atoms. The number of amides is 3. The van der Waals surface area contributed by atoms with Crippen molar-refractivity contribution in [3.8, 4) is 0 Å². The molecule has 1 aromatic carbocycles. The van der Waals surface area contributed by atoms with Gasteiger partial charge in [0.15, 0.2) is 0 Å². The van der Waals surface area contributed by atoms with Crippen LogP contribution >= 0.6 is 11.6 Å². The van der Waals surface area contributed by atoms with Gasteiger partial charge in [0.05, 0.1) is 6.54 Å². The highest BCUT2D eigenvalue weighted by atomic mass is 35.5. The van der Waals surface area contributed by atoms with Gasteiger partial charge in [0.25, 0.3) is 5.91 Å². The Morgan fingerprint density at radius 3 is 1.89 bits per heavy atom. The highest BCUT2D eigenvalue weighted by molar-refractivity contribution is 6.30. The van der Waals surface area contributed by atoms with E-state index in [0.29, 0.717) is 69.5 Å². The summed E-state index contributed by atoms with van der Waals surface area (Å²) in [7, 11) is 0. The van der Waals surface area contributed by atoms with Crippen LogP contribution in [0.25, 0.3) is 0 Å². The summed E-state index contributed by atoms with van der Waals surface area (Å²) in [6.07, 6.45) is 0. The van der Waals surface area contributed by atoms with Gasteiger partial charge in [-0.1, -0.05) is 11.6 Å². The van der Waals surface area contributed by atoms with Crippen molar-refractivity contribution in [1.29, 1.82) is 0 Å². The van der Waals surface area contributed by atoms with Gasteiger partial charge in [0, 0.05) is 69.9 Å². The maximum atomic E-state index is 12.5. The van der Waals surface area contributed by atoms with Crippen LogP contribution in [0, 0.1) is 0 Å². The van der Waals surface area contributed by atoms with E-state index in [1.165, 1.54) is 0 Å². The minimum absolute atomic E-state index is 0.00185. The normalized spacial score (nSPS) is 18.5. The van der Waals surface area contributed by atoms with Crippen molar-refractivity contribution in [3.63, 3.8) is 0 Å². The summed E-state index contributed by atoms with van der Waals surface area (Å²) in [5.41, 5.74) is 0.632. The molecule has 2 saturated heterocycles. The molecule has 0 aromatic heterocycles.